The third kappa shape index (κ3) is 7.26. The molecule has 2 heterocycles. The zero-order valence-electron chi connectivity index (χ0n) is 37.1. The topological polar surface area (TPSA) is 211 Å². The Hall–Kier alpha value is -5.78. The van der Waals surface area contributed by atoms with E-state index in [0.29, 0.717) is 11.1 Å². The summed E-state index contributed by atoms with van der Waals surface area (Å²) >= 11 is 0. The van der Waals surface area contributed by atoms with Gasteiger partial charge in [0, 0.05) is 44.8 Å². The van der Waals surface area contributed by atoms with Crippen molar-refractivity contribution in [2.75, 3.05) is 13.7 Å². The summed E-state index contributed by atoms with van der Waals surface area (Å²) in [4.78, 5) is 86.6. The van der Waals surface area contributed by atoms with Gasteiger partial charge in [-0.1, -0.05) is 80.6 Å². The zero-order chi connectivity index (χ0) is 46.8. The van der Waals surface area contributed by atoms with E-state index >= 15 is 4.79 Å². The second-order valence-corrected chi connectivity index (χ2v) is 18.2. The van der Waals surface area contributed by atoms with Crippen molar-refractivity contribution in [3.8, 4) is 0 Å². The Morgan fingerprint density at radius 2 is 1.42 bits per heavy atom. The van der Waals surface area contributed by atoms with Gasteiger partial charge in [-0.2, -0.15) is 0 Å². The highest BCUT2D eigenvalue weighted by molar-refractivity contribution is 5.96. The molecular formula is C49H53NO15. The van der Waals surface area contributed by atoms with Crippen LogP contribution in [0.3, 0.4) is 0 Å². The summed E-state index contributed by atoms with van der Waals surface area (Å²) in [6.45, 7) is 8.15. The van der Waals surface area contributed by atoms with E-state index in [1.165, 1.54) is 38.0 Å². The number of aliphatic hydroxyl groups excluding tert-OH is 1. The van der Waals surface area contributed by atoms with Gasteiger partial charge in [0.2, 0.25) is 6.41 Å². The molecule has 16 heteroatoms. The number of hydrogen-bond donors (Lipinski definition) is 2. The molecule has 2 aliphatic heterocycles. The first-order valence-electron chi connectivity index (χ1n) is 21.5. The van der Waals surface area contributed by atoms with Gasteiger partial charge < -0.3 is 43.4 Å². The van der Waals surface area contributed by atoms with Gasteiger partial charge in [-0.25, -0.2) is 9.59 Å². The number of nitrogens with zero attached hydrogens (tertiary/aromatic N) is 1. The molecule has 3 aromatic rings. The number of fused-ring (bicyclic) bond motifs is 5. The van der Waals surface area contributed by atoms with E-state index in [1.807, 2.05) is 0 Å². The molecule has 1 amide bonds. The molecule has 2 saturated heterocycles. The molecule has 344 valence electrons. The van der Waals surface area contributed by atoms with Gasteiger partial charge in [0.1, 0.15) is 23.9 Å². The second-order valence-electron chi connectivity index (χ2n) is 18.2. The molecule has 3 aromatic carbocycles. The number of amides is 1. The number of ether oxygens (including phenoxy) is 7. The maximum Gasteiger partial charge on any atom is 0.338 e. The van der Waals surface area contributed by atoms with Gasteiger partial charge in [-0.15, -0.1) is 0 Å². The molecule has 65 heavy (non-hydrogen) atoms. The molecule has 0 aromatic heterocycles. The van der Waals surface area contributed by atoms with E-state index in [4.69, 9.17) is 33.2 Å². The lowest BCUT2D eigenvalue weighted by molar-refractivity contribution is -0.346. The lowest BCUT2D eigenvalue weighted by Gasteiger charge is -2.67. The Bertz CT molecular complexity index is 2410. The molecule has 2 N–H and O–H groups in total. The van der Waals surface area contributed by atoms with Crippen molar-refractivity contribution in [1.82, 2.24) is 4.90 Å². The minimum Gasteiger partial charge on any atom is -0.456 e. The van der Waals surface area contributed by atoms with Crippen molar-refractivity contribution in [3.63, 3.8) is 0 Å². The summed E-state index contributed by atoms with van der Waals surface area (Å²) in [6, 6.07) is 23.9. The highest BCUT2D eigenvalue weighted by Crippen LogP contribution is 2.64. The lowest BCUT2D eigenvalue weighted by atomic mass is 9.44. The monoisotopic (exact) mass is 895 g/mol. The van der Waals surface area contributed by atoms with E-state index in [-0.39, 0.29) is 29.7 Å². The van der Waals surface area contributed by atoms with Gasteiger partial charge in [0.05, 0.1) is 35.6 Å². The highest BCUT2D eigenvalue weighted by atomic mass is 16.7. The molecule has 0 spiro atoms. The molecule has 4 fully saturated rings. The van der Waals surface area contributed by atoms with E-state index in [9.17, 15) is 34.2 Å². The van der Waals surface area contributed by atoms with Gasteiger partial charge in [-0.05, 0) is 54.8 Å². The van der Waals surface area contributed by atoms with Crippen LogP contribution in [0, 0.1) is 16.7 Å². The minimum absolute atomic E-state index is 0.0352. The zero-order valence-corrected chi connectivity index (χ0v) is 37.1. The smallest absolute Gasteiger partial charge is 0.338 e. The minimum atomic E-state index is -2.37. The first-order chi connectivity index (χ1) is 30.8. The van der Waals surface area contributed by atoms with Crippen LogP contribution < -0.4 is 0 Å². The maximum atomic E-state index is 15.6. The number of rotatable bonds is 9. The average molecular weight is 896 g/mol. The number of esters is 4. The predicted molar refractivity (Wildman–Crippen MR) is 226 cm³/mol. The van der Waals surface area contributed by atoms with Crippen molar-refractivity contribution < 1.29 is 72.1 Å². The second kappa shape index (κ2) is 16.9. The van der Waals surface area contributed by atoms with Crippen molar-refractivity contribution in [2.24, 2.45) is 16.7 Å². The number of ketones is 1. The maximum absolute atomic E-state index is 15.6. The summed E-state index contributed by atoms with van der Waals surface area (Å²) < 4.78 is 42.7. The van der Waals surface area contributed by atoms with Crippen molar-refractivity contribution in [3.05, 3.63) is 119 Å². The Kier molecular flexibility index (Phi) is 11.9. The van der Waals surface area contributed by atoms with Crippen LogP contribution in [0.1, 0.15) is 86.7 Å². The molecule has 5 aliphatic rings. The summed E-state index contributed by atoms with van der Waals surface area (Å²) in [7, 11) is 1.33. The number of carbonyl (C=O) groups is 6. The molecule has 12 atom stereocenters. The first kappa shape index (κ1) is 45.8. The Morgan fingerprint density at radius 1 is 0.815 bits per heavy atom. The predicted octanol–water partition coefficient (Wildman–Crippen LogP) is 4.42. The molecule has 0 radical (unpaired) electrons. The Morgan fingerprint density at radius 3 is 1.97 bits per heavy atom. The van der Waals surface area contributed by atoms with Crippen LogP contribution in [0.25, 0.3) is 0 Å². The number of aliphatic hydroxyl groups is 2. The van der Waals surface area contributed by atoms with Crippen LogP contribution in [0.15, 0.2) is 102 Å². The Balaban J connectivity index is 1.30. The van der Waals surface area contributed by atoms with Crippen molar-refractivity contribution in [2.45, 2.75) is 115 Å². The quantitative estimate of drug-likeness (QED) is 0.173. The van der Waals surface area contributed by atoms with Crippen LogP contribution in [-0.4, -0.2) is 119 Å². The fourth-order valence-electron chi connectivity index (χ4n) is 11.1. The standard InChI is InChI=1S/C49H53NO15/c1-26-32(62-44(57)38-36(29-17-11-8-12-18-29)50(45(59-7)63-38)42(55)30-19-13-9-14-20-30)24-49(58)41(64-43(56)31-21-15-10-16-22-31)39-47(6,33(53)23-34-48(39,25-60-34)65-28(3)52)40(54)37(61-27(2)51)35(26)46(49,4)5/h8-22,32-34,36-39,41,45,53,58H,23-25H2,1-7H3/t32-,33-,34+,36-,37+,38+,39-,41-,45?,47+,48-,49+/m0/s1. The molecule has 1 unspecified atom stereocenters. The van der Waals surface area contributed by atoms with Crippen LogP contribution >= 0.6 is 0 Å². The summed E-state index contributed by atoms with van der Waals surface area (Å²) in [6.07, 6.45) is -11.2. The van der Waals surface area contributed by atoms with E-state index in [2.05, 4.69) is 0 Å². The molecule has 2 saturated carbocycles. The number of carbonyl (C=O) groups excluding carboxylic acids is 6. The van der Waals surface area contributed by atoms with E-state index < -0.39 is 119 Å². The van der Waals surface area contributed by atoms with Gasteiger partial charge >= 0.3 is 23.9 Å². The summed E-state index contributed by atoms with van der Waals surface area (Å²) in [5, 5.41) is 26.0. The Labute approximate surface area is 375 Å². The first-order valence-corrected chi connectivity index (χ1v) is 21.5. The molecule has 3 aliphatic carbocycles. The number of benzene rings is 3. The number of methoxy groups -OCH3 is 1. The SMILES string of the molecule is COC1O[C@@H](C(=O)O[C@H]2C[C@@]3(O)[C@@H](OC(=O)c4ccccc4)[C@@H]4[C@]5(OC(C)=O)CO[C@@H]5C[C@H](O)[C@@]4(C)C(=O)[C@H](OC(C)=O)C(=C2C)C3(C)C)[C@H](c2ccccc2)N1C(=O)c1ccccc1. The van der Waals surface area contributed by atoms with E-state index in [1.54, 1.807) is 99.6 Å². The molecule has 16 nitrogen and oxygen atoms in total. The molecular weight excluding hydrogens is 843 g/mol. The lowest BCUT2D eigenvalue weighted by Crippen LogP contribution is -2.82. The van der Waals surface area contributed by atoms with Crippen molar-refractivity contribution in [1.29, 1.82) is 0 Å². The third-order valence-electron chi connectivity index (χ3n) is 14.3. The summed E-state index contributed by atoms with van der Waals surface area (Å²) in [5.74, 6) is -6.42. The van der Waals surface area contributed by atoms with Gasteiger partial charge in [-0.3, -0.25) is 24.1 Å². The van der Waals surface area contributed by atoms with Crippen LogP contribution in [0.4, 0.5) is 0 Å². The molecule has 8 rings (SSSR count). The fourth-order valence-corrected chi connectivity index (χ4v) is 11.1. The average Bonchev–Trinajstić information content (AvgIpc) is 3.68. The highest BCUT2D eigenvalue weighted by Gasteiger charge is 2.78. The van der Waals surface area contributed by atoms with E-state index in [0.717, 1.165) is 6.92 Å². The van der Waals surface area contributed by atoms with Crippen LogP contribution in [0.5, 0.6) is 0 Å². The van der Waals surface area contributed by atoms with Crippen LogP contribution in [-0.2, 0) is 52.3 Å². The molecule has 2 bridgehead atoms. The van der Waals surface area contributed by atoms with Crippen molar-refractivity contribution >= 4 is 35.6 Å². The summed E-state index contributed by atoms with van der Waals surface area (Å²) in [5.41, 5.74) is -6.67. The number of hydrogen-bond acceptors (Lipinski definition) is 15. The third-order valence-corrected chi connectivity index (χ3v) is 14.3. The number of Topliss-reactive ketones (excluding diaryl/α,β-unsaturated/α-hetero) is 1. The fraction of sp³-hybridized carbons (Fsp3) is 0.469. The van der Waals surface area contributed by atoms with Crippen LogP contribution in [0.2, 0.25) is 0 Å². The van der Waals surface area contributed by atoms with Gasteiger partial charge in [0.15, 0.2) is 23.6 Å². The largest absolute Gasteiger partial charge is 0.456 e. The van der Waals surface area contributed by atoms with Gasteiger partial charge in [0.25, 0.3) is 5.91 Å². The normalized spacial score (nSPS) is 34.7.